The Bertz CT molecular complexity index is 3590. The van der Waals surface area contributed by atoms with Crippen LogP contribution in [0.2, 0.25) is 0 Å². The Morgan fingerprint density at radius 3 is 1.44 bits per heavy atom. The maximum absolute atomic E-state index is 2.44. The van der Waals surface area contributed by atoms with Crippen molar-refractivity contribution < 1.29 is 0 Å². The monoisotopic (exact) mass is 788 g/mol. The molecule has 1 aromatic heterocycles. The van der Waals surface area contributed by atoms with Crippen LogP contribution >= 0.6 is 0 Å². The molecule has 2 nitrogen and oxygen atoms in total. The third-order valence-electron chi connectivity index (χ3n) is 12.6. The van der Waals surface area contributed by atoms with Gasteiger partial charge in [-0.3, -0.25) is 0 Å². The van der Waals surface area contributed by atoms with Crippen molar-refractivity contribution in [1.82, 2.24) is 4.57 Å². The van der Waals surface area contributed by atoms with E-state index in [1.165, 1.54) is 87.5 Å². The van der Waals surface area contributed by atoms with Gasteiger partial charge in [0.2, 0.25) is 0 Å². The van der Waals surface area contributed by atoms with Gasteiger partial charge in [0.05, 0.1) is 11.0 Å². The van der Waals surface area contributed by atoms with Gasteiger partial charge in [0.15, 0.2) is 0 Å². The number of para-hydroxylation sites is 1. The van der Waals surface area contributed by atoms with Crippen LogP contribution in [0, 0.1) is 0 Å². The average molecular weight is 789 g/mol. The minimum absolute atomic E-state index is 1.09. The molecule has 0 amide bonds. The van der Waals surface area contributed by atoms with E-state index in [1.54, 1.807) is 0 Å². The Labute approximate surface area is 360 Å². The van der Waals surface area contributed by atoms with Crippen molar-refractivity contribution in [2.24, 2.45) is 0 Å². The third kappa shape index (κ3) is 6.04. The second-order valence-electron chi connectivity index (χ2n) is 16.1. The largest absolute Gasteiger partial charge is 0.311 e. The maximum atomic E-state index is 2.44. The molecule has 0 saturated carbocycles. The lowest BCUT2D eigenvalue weighted by Crippen LogP contribution is -2.09. The molecule has 0 aliphatic rings. The van der Waals surface area contributed by atoms with Crippen molar-refractivity contribution in [3.63, 3.8) is 0 Å². The molecule has 1 heterocycles. The molecule has 0 spiro atoms. The summed E-state index contributed by atoms with van der Waals surface area (Å²) in [5.41, 5.74) is 14.1. The summed E-state index contributed by atoms with van der Waals surface area (Å²) in [6.45, 7) is 0. The van der Waals surface area contributed by atoms with Gasteiger partial charge in [-0.25, -0.2) is 0 Å². The molecule has 0 radical (unpaired) electrons. The van der Waals surface area contributed by atoms with Gasteiger partial charge >= 0.3 is 0 Å². The standard InChI is InChI=1S/C60H40N2/c1-3-13-41(14-4-1)42-23-31-49(32-24-42)61(51-35-27-45(28-36-51)58-39-47-16-8-9-19-52(47)54-21-11-12-22-55(54)58)50-33-25-43(26-34-50)46-30-37-56-57-38-29-44-15-7-10-20-53(44)60(57)62(59(56)40-46)48-17-5-2-6-18-48/h1-40H. The number of hydrogen-bond donors (Lipinski definition) is 0. The normalized spacial score (nSPS) is 11.5. The lowest BCUT2D eigenvalue weighted by molar-refractivity contribution is 1.19. The predicted octanol–water partition coefficient (Wildman–Crippen LogP) is 16.7. The highest BCUT2D eigenvalue weighted by Crippen LogP contribution is 2.42. The molecule has 290 valence electrons. The molecule has 0 N–H and O–H groups in total. The zero-order valence-corrected chi connectivity index (χ0v) is 34.0. The summed E-state index contributed by atoms with van der Waals surface area (Å²) in [5, 5.41) is 10.1. The highest BCUT2D eigenvalue weighted by atomic mass is 15.1. The summed E-state index contributed by atoms with van der Waals surface area (Å²) in [6, 6.07) is 88.4. The van der Waals surface area contributed by atoms with E-state index in [0.717, 1.165) is 22.7 Å². The molecule has 0 aliphatic heterocycles. The number of rotatable bonds is 7. The number of benzene rings is 11. The van der Waals surface area contributed by atoms with Crippen LogP contribution in [0.3, 0.4) is 0 Å². The molecular formula is C60H40N2. The van der Waals surface area contributed by atoms with E-state index in [1.807, 2.05) is 0 Å². The van der Waals surface area contributed by atoms with Crippen LogP contribution in [0.5, 0.6) is 0 Å². The van der Waals surface area contributed by atoms with Crippen LogP contribution in [0.15, 0.2) is 243 Å². The summed E-state index contributed by atoms with van der Waals surface area (Å²) in [7, 11) is 0. The van der Waals surface area contributed by atoms with E-state index >= 15 is 0 Å². The fourth-order valence-electron chi connectivity index (χ4n) is 9.57. The first-order valence-electron chi connectivity index (χ1n) is 21.3. The number of anilines is 3. The van der Waals surface area contributed by atoms with Gasteiger partial charge in [-0.2, -0.15) is 0 Å². The number of nitrogens with zero attached hydrogens (tertiary/aromatic N) is 2. The molecule has 12 rings (SSSR count). The van der Waals surface area contributed by atoms with Crippen LogP contribution < -0.4 is 4.90 Å². The van der Waals surface area contributed by atoms with E-state index in [2.05, 4.69) is 252 Å². The van der Waals surface area contributed by atoms with Gasteiger partial charge < -0.3 is 9.47 Å². The van der Waals surface area contributed by atoms with E-state index < -0.39 is 0 Å². The quantitative estimate of drug-likeness (QED) is 0.146. The topological polar surface area (TPSA) is 8.17 Å². The fourth-order valence-corrected chi connectivity index (χ4v) is 9.57. The van der Waals surface area contributed by atoms with Crippen LogP contribution in [0.4, 0.5) is 17.1 Å². The Morgan fingerprint density at radius 1 is 0.274 bits per heavy atom. The first kappa shape index (κ1) is 35.7. The Kier molecular flexibility index (Phi) is 8.53. The highest BCUT2D eigenvalue weighted by molar-refractivity contribution is 6.19. The smallest absolute Gasteiger partial charge is 0.0619 e. The van der Waals surface area contributed by atoms with Gasteiger partial charge in [0.25, 0.3) is 0 Å². The number of fused-ring (bicyclic) bond motifs is 8. The predicted molar refractivity (Wildman–Crippen MR) is 264 cm³/mol. The van der Waals surface area contributed by atoms with Crippen LogP contribution in [-0.2, 0) is 0 Å². The van der Waals surface area contributed by atoms with Crippen molar-refractivity contribution in [3.05, 3.63) is 243 Å². The van der Waals surface area contributed by atoms with E-state index in [0.29, 0.717) is 0 Å². The molecule has 11 aromatic carbocycles. The molecule has 0 bridgehead atoms. The fraction of sp³-hybridized carbons (Fsp3) is 0. The highest BCUT2D eigenvalue weighted by Gasteiger charge is 2.18. The summed E-state index contributed by atoms with van der Waals surface area (Å²) >= 11 is 0. The molecule has 0 fully saturated rings. The van der Waals surface area contributed by atoms with Crippen molar-refractivity contribution in [1.29, 1.82) is 0 Å². The van der Waals surface area contributed by atoms with E-state index in [4.69, 9.17) is 0 Å². The Balaban J connectivity index is 0.960. The maximum Gasteiger partial charge on any atom is 0.0619 e. The van der Waals surface area contributed by atoms with Crippen molar-refractivity contribution in [3.8, 4) is 39.1 Å². The van der Waals surface area contributed by atoms with Gasteiger partial charge in [0, 0.05) is 38.9 Å². The summed E-state index contributed by atoms with van der Waals surface area (Å²) in [5.74, 6) is 0. The lowest BCUT2D eigenvalue weighted by Gasteiger charge is -2.26. The van der Waals surface area contributed by atoms with Crippen molar-refractivity contribution >= 4 is 71.2 Å². The average Bonchev–Trinajstić information content (AvgIpc) is 3.69. The lowest BCUT2D eigenvalue weighted by atomic mass is 9.93. The van der Waals surface area contributed by atoms with Crippen LogP contribution in [-0.4, -0.2) is 4.57 Å². The first-order chi connectivity index (χ1) is 30.7. The number of hydrogen-bond acceptors (Lipinski definition) is 1. The van der Waals surface area contributed by atoms with E-state index in [-0.39, 0.29) is 0 Å². The Morgan fingerprint density at radius 2 is 0.758 bits per heavy atom. The van der Waals surface area contributed by atoms with E-state index in [9.17, 15) is 0 Å². The first-order valence-corrected chi connectivity index (χ1v) is 21.3. The Hall–Kier alpha value is -8.20. The third-order valence-corrected chi connectivity index (χ3v) is 12.6. The van der Waals surface area contributed by atoms with Gasteiger partial charge in [-0.15, -0.1) is 0 Å². The summed E-state index contributed by atoms with van der Waals surface area (Å²) < 4.78 is 2.44. The minimum atomic E-state index is 1.09. The molecule has 2 heteroatoms. The van der Waals surface area contributed by atoms with Gasteiger partial charge in [0.1, 0.15) is 0 Å². The zero-order valence-electron chi connectivity index (χ0n) is 34.0. The molecule has 0 atom stereocenters. The SMILES string of the molecule is c1ccc(-c2ccc(N(c3ccc(-c4ccc5c6ccc7ccccc7c6n(-c6ccccc6)c5c4)cc3)c3ccc(-c4cc5ccccc5c5ccccc45)cc3)cc2)cc1. The minimum Gasteiger partial charge on any atom is -0.311 e. The van der Waals surface area contributed by atoms with Crippen molar-refractivity contribution in [2.75, 3.05) is 4.90 Å². The second-order valence-corrected chi connectivity index (χ2v) is 16.1. The molecule has 62 heavy (non-hydrogen) atoms. The van der Waals surface area contributed by atoms with Gasteiger partial charge in [-0.1, -0.05) is 182 Å². The van der Waals surface area contributed by atoms with Crippen LogP contribution in [0.1, 0.15) is 0 Å². The summed E-state index contributed by atoms with van der Waals surface area (Å²) in [6.07, 6.45) is 0. The zero-order chi connectivity index (χ0) is 41.0. The molecule has 0 aliphatic carbocycles. The second kappa shape index (κ2) is 14.8. The number of aromatic nitrogens is 1. The molecule has 0 unspecified atom stereocenters. The molecule has 12 aromatic rings. The molecular weight excluding hydrogens is 749 g/mol. The van der Waals surface area contributed by atoms with Gasteiger partial charge in [-0.05, 0) is 121 Å². The summed E-state index contributed by atoms with van der Waals surface area (Å²) in [4.78, 5) is 2.36. The molecule has 0 saturated heterocycles. The van der Waals surface area contributed by atoms with Crippen molar-refractivity contribution in [2.45, 2.75) is 0 Å². The van der Waals surface area contributed by atoms with Crippen LogP contribution in [0.25, 0.3) is 93.2 Å².